The molecule has 0 saturated heterocycles. The largest absolute Gasteiger partial charge is 0.390 e. The van der Waals surface area contributed by atoms with Crippen LogP contribution in [-0.4, -0.2) is 48.7 Å². The second-order valence-corrected chi connectivity index (χ2v) is 7.30. The first-order valence-corrected chi connectivity index (χ1v) is 8.31. The fourth-order valence-corrected chi connectivity index (χ4v) is 3.40. The third-order valence-electron chi connectivity index (χ3n) is 3.94. The van der Waals surface area contributed by atoms with Gasteiger partial charge in [0.05, 0.1) is 11.5 Å². The second-order valence-electron chi connectivity index (χ2n) is 5.53. The van der Waals surface area contributed by atoms with Gasteiger partial charge in [0, 0.05) is 37.6 Å². The van der Waals surface area contributed by atoms with Crippen LogP contribution in [-0.2, 0) is 23.7 Å². The molecule has 114 valence electrons. The Labute approximate surface area is 120 Å². The Hall–Kier alpha value is -0.890. The van der Waals surface area contributed by atoms with Gasteiger partial charge in [-0.15, -0.1) is 0 Å². The van der Waals surface area contributed by atoms with Crippen molar-refractivity contribution in [3.8, 4) is 0 Å². The summed E-state index contributed by atoms with van der Waals surface area (Å²) in [6, 6.07) is 2.27. The summed E-state index contributed by atoms with van der Waals surface area (Å²) in [5.41, 5.74) is 0.577. The van der Waals surface area contributed by atoms with Crippen LogP contribution in [0.25, 0.3) is 0 Å². The highest BCUT2D eigenvalue weighted by Gasteiger charge is 2.29. The number of aromatic nitrogens is 1. The fourth-order valence-electron chi connectivity index (χ4n) is 2.18. The van der Waals surface area contributed by atoms with Crippen LogP contribution in [0.1, 0.15) is 25.5 Å². The molecule has 7 heteroatoms. The zero-order chi connectivity index (χ0) is 14.9. The normalized spacial score (nSPS) is 17.6. The summed E-state index contributed by atoms with van der Waals surface area (Å²) >= 11 is 0. The summed E-state index contributed by atoms with van der Waals surface area (Å²) < 4.78 is 28.7. The van der Waals surface area contributed by atoms with Gasteiger partial charge in [-0.1, -0.05) is 0 Å². The van der Waals surface area contributed by atoms with Crippen molar-refractivity contribution in [2.75, 3.05) is 13.6 Å². The second kappa shape index (κ2) is 5.85. The van der Waals surface area contributed by atoms with E-state index in [1.807, 2.05) is 14.0 Å². The van der Waals surface area contributed by atoms with Gasteiger partial charge in [0.2, 0.25) is 10.0 Å². The number of rotatable bonds is 7. The number of nitrogens with one attached hydrogen (secondary N) is 1. The minimum absolute atomic E-state index is 0.165. The molecule has 1 heterocycles. The first-order chi connectivity index (χ1) is 9.35. The minimum Gasteiger partial charge on any atom is -0.390 e. The van der Waals surface area contributed by atoms with Crippen molar-refractivity contribution in [3.63, 3.8) is 0 Å². The maximum atomic E-state index is 12.2. The summed E-state index contributed by atoms with van der Waals surface area (Å²) in [5, 5.41) is 9.11. The lowest BCUT2D eigenvalue weighted by atomic mass is 10.3. The van der Waals surface area contributed by atoms with Gasteiger partial charge in [0.25, 0.3) is 0 Å². The van der Waals surface area contributed by atoms with Crippen molar-refractivity contribution in [1.82, 2.24) is 14.2 Å². The zero-order valence-electron chi connectivity index (χ0n) is 12.2. The average molecular weight is 301 g/mol. The van der Waals surface area contributed by atoms with Gasteiger partial charge in [-0.25, -0.2) is 13.1 Å². The highest BCUT2D eigenvalue weighted by molar-refractivity contribution is 7.89. The van der Waals surface area contributed by atoms with Crippen LogP contribution in [0.15, 0.2) is 17.2 Å². The highest BCUT2D eigenvalue weighted by Crippen LogP contribution is 2.26. The van der Waals surface area contributed by atoms with Gasteiger partial charge in [-0.05, 0) is 32.9 Å². The SMILES string of the molecule is CC(CNS(=O)(=O)c1cc(CO)n(C)c1)N(C)C1CC1. The first-order valence-electron chi connectivity index (χ1n) is 6.83. The maximum Gasteiger partial charge on any atom is 0.242 e. The van der Waals surface area contributed by atoms with Crippen LogP contribution in [0.5, 0.6) is 0 Å². The molecule has 2 N–H and O–H groups in total. The molecule has 1 atom stereocenters. The average Bonchev–Trinajstić information content (AvgIpc) is 3.18. The summed E-state index contributed by atoms with van der Waals surface area (Å²) in [6.45, 7) is 2.23. The van der Waals surface area contributed by atoms with Crippen LogP contribution in [0, 0.1) is 0 Å². The molecule has 1 aliphatic carbocycles. The monoisotopic (exact) mass is 301 g/mol. The van der Waals surface area contributed by atoms with Gasteiger partial charge in [-0.3, -0.25) is 4.90 Å². The van der Waals surface area contributed by atoms with Crippen LogP contribution in [0.4, 0.5) is 0 Å². The number of aliphatic hydroxyl groups excluding tert-OH is 1. The molecule has 20 heavy (non-hydrogen) atoms. The lowest BCUT2D eigenvalue weighted by Crippen LogP contribution is -2.41. The molecule has 1 saturated carbocycles. The van der Waals surface area contributed by atoms with Gasteiger partial charge < -0.3 is 9.67 Å². The van der Waals surface area contributed by atoms with Gasteiger partial charge in [0.15, 0.2) is 0 Å². The van der Waals surface area contributed by atoms with Crippen LogP contribution < -0.4 is 4.72 Å². The number of likely N-dealkylation sites (N-methyl/N-ethyl adjacent to an activating group) is 1. The predicted octanol–water partition coefficient (Wildman–Crippen LogP) is 0.278. The smallest absolute Gasteiger partial charge is 0.242 e. The molecule has 1 aromatic heterocycles. The van der Waals surface area contributed by atoms with E-state index in [-0.39, 0.29) is 17.5 Å². The van der Waals surface area contributed by atoms with E-state index in [1.165, 1.54) is 25.1 Å². The van der Waals surface area contributed by atoms with E-state index in [4.69, 9.17) is 5.11 Å². The van der Waals surface area contributed by atoms with E-state index in [1.54, 1.807) is 11.6 Å². The first kappa shape index (κ1) is 15.5. The Morgan fingerprint density at radius 2 is 2.20 bits per heavy atom. The molecule has 0 spiro atoms. The van der Waals surface area contributed by atoms with E-state index in [0.29, 0.717) is 18.3 Å². The van der Waals surface area contributed by atoms with Crippen LogP contribution in [0.2, 0.25) is 0 Å². The van der Waals surface area contributed by atoms with Crippen molar-refractivity contribution in [1.29, 1.82) is 0 Å². The molecule has 1 aliphatic rings. The molecular formula is C13H23N3O3S. The maximum absolute atomic E-state index is 12.2. The minimum atomic E-state index is -3.51. The lowest BCUT2D eigenvalue weighted by Gasteiger charge is -2.24. The predicted molar refractivity (Wildman–Crippen MR) is 76.8 cm³/mol. The molecule has 6 nitrogen and oxygen atoms in total. The van der Waals surface area contributed by atoms with Gasteiger partial charge >= 0.3 is 0 Å². The topological polar surface area (TPSA) is 74.6 Å². The molecule has 0 aliphatic heterocycles. The Morgan fingerprint density at radius 3 is 2.70 bits per heavy atom. The molecule has 0 aromatic carbocycles. The summed E-state index contributed by atoms with van der Waals surface area (Å²) in [5.74, 6) is 0. The molecule has 0 bridgehead atoms. The fraction of sp³-hybridized carbons (Fsp3) is 0.692. The van der Waals surface area contributed by atoms with Crippen LogP contribution in [0.3, 0.4) is 0 Å². The van der Waals surface area contributed by atoms with E-state index in [0.717, 1.165) is 0 Å². The summed E-state index contributed by atoms with van der Waals surface area (Å²) in [4.78, 5) is 2.41. The van der Waals surface area contributed by atoms with Gasteiger partial charge in [0.1, 0.15) is 0 Å². The number of aliphatic hydroxyl groups is 1. The number of hydrogen-bond donors (Lipinski definition) is 2. The molecule has 1 fully saturated rings. The van der Waals surface area contributed by atoms with Crippen molar-refractivity contribution < 1.29 is 13.5 Å². The van der Waals surface area contributed by atoms with E-state index in [2.05, 4.69) is 9.62 Å². The Bertz CT molecular complexity index is 563. The third kappa shape index (κ3) is 3.41. The van der Waals surface area contributed by atoms with Gasteiger partial charge in [-0.2, -0.15) is 0 Å². The van der Waals surface area contributed by atoms with Crippen molar-refractivity contribution in [2.24, 2.45) is 7.05 Å². The highest BCUT2D eigenvalue weighted by atomic mass is 32.2. The quantitative estimate of drug-likeness (QED) is 0.758. The van der Waals surface area contributed by atoms with Crippen LogP contribution >= 0.6 is 0 Å². The molecule has 1 aromatic rings. The summed E-state index contributed by atoms with van der Waals surface area (Å²) in [6.07, 6.45) is 3.92. The van der Waals surface area contributed by atoms with Crippen molar-refractivity contribution in [3.05, 3.63) is 18.0 Å². The Morgan fingerprint density at radius 1 is 1.55 bits per heavy atom. The van der Waals surface area contributed by atoms with E-state index < -0.39 is 10.0 Å². The van der Waals surface area contributed by atoms with E-state index >= 15 is 0 Å². The third-order valence-corrected chi connectivity index (χ3v) is 5.33. The molecular weight excluding hydrogens is 278 g/mol. The number of sulfonamides is 1. The molecule has 0 radical (unpaired) electrons. The zero-order valence-corrected chi connectivity index (χ0v) is 13.0. The van der Waals surface area contributed by atoms with Crippen molar-refractivity contribution in [2.45, 2.75) is 43.4 Å². The standard InChI is InChI=1S/C13H23N3O3S/c1-10(16(3)11-4-5-11)7-14-20(18,19)13-6-12(9-17)15(2)8-13/h6,8,10-11,14,17H,4-5,7,9H2,1-3H3. The van der Waals surface area contributed by atoms with E-state index in [9.17, 15) is 8.42 Å². The molecule has 2 rings (SSSR count). The number of hydrogen-bond acceptors (Lipinski definition) is 4. The molecule has 1 unspecified atom stereocenters. The Balaban J connectivity index is 1.99. The summed E-state index contributed by atoms with van der Waals surface area (Å²) in [7, 11) is 0.233. The Kier molecular flexibility index (Phi) is 4.53. The number of nitrogens with zero attached hydrogens (tertiary/aromatic N) is 2. The lowest BCUT2D eigenvalue weighted by molar-refractivity contribution is 0.248. The van der Waals surface area contributed by atoms with Crippen molar-refractivity contribution >= 4 is 10.0 Å². The molecule has 0 amide bonds. The number of aryl methyl sites for hydroxylation is 1.